The zero-order chi connectivity index (χ0) is 9.68. The maximum absolute atomic E-state index is 11.7. The lowest BCUT2D eigenvalue weighted by Gasteiger charge is -2.15. The summed E-state index contributed by atoms with van der Waals surface area (Å²) in [5, 5.41) is 11.7. The zero-order valence-electron chi connectivity index (χ0n) is 8.46. The van der Waals surface area contributed by atoms with Crippen molar-refractivity contribution in [2.45, 2.75) is 51.5 Å². The average Bonchev–Trinajstić information content (AvgIpc) is 2.28. The first-order valence-corrected chi connectivity index (χ1v) is 5.15. The number of nitrogens with zero attached hydrogens (tertiary/aromatic N) is 1. The largest absolute Gasteiger partial charge is 0.624 e. The topological polar surface area (TPSA) is 26.1 Å². The van der Waals surface area contributed by atoms with Crippen molar-refractivity contribution in [1.82, 2.24) is 0 Å². The van der Waals surface area contributed by atoms with Gasteiger partial charge < -0.3 is 5.21 Å². The van der Waals surface area contributed by atoms with E-state index in [9.17, 15) is 5.21 Å². The van der Waals surface area contributed by atoms with Crippen LogP contribution in [0.25, 0.3) is 0 Å². The number of rotatable bonds is 3. The third-order valence-electron chi connectivity index (χ3n) is 2.74. The molecule has 0 radical (unpaired) electrons. The molecule has 0 amide bonds. The highest BCUT2D eigenvalue weighted by Crippen LogP contribution is 2.16. The molecule has 0 saturated heterocycles. The summed E-state index contributed by atoms with van der Waals surface area (Å²) in [5.74, 6) is 0. The summed E-state index contributed by atoms with van der Waals surface area (Å²) in [6, 6.07) is 0.209. The lowest BCUT2D eigenvalue weighted by molar-refractivity contribution is -0.503. The van der Waals surface area contributed by atoms with Crippen LogP contribution in [0.2, 0.25) is 0 Å². The predicted octanol–water partition coefficient (Wildman–Crippen LogP) is 2.87. The Hall–Kier alpha value is -0.790. The van der Waals surface area contributed by atoms with E-state index in [0.717, 1.165) is 31.4 Å². The van der Waals surface area contributed by atoms with Gasteiger partial charge in [-0.25, -0.2) is 4.74 Å². The minimum atomic E-state index is 0.209. The van der Waals surface area contributed by atoms with Crippen LogP contribution in [0, 0.1) is 5.21 Å². The SMILES string of the molecule is C=CCCC1CCCCC(C)=[N+]1[O-]. The van der Waals surface area contributed by atoms with E-state index in [1.807, 2.05) is 13.0 Å². The first-order chi connectivity index (χ1) is 6.25. The van der Waals surface area contributed by atoms with Gasteiger partial charge in [-0.05, 0) is 19.3 Å². The van der Waals surface area contributed by atoms with Crippen LogP contribution in [0.3, 0.4) is 0 Å². The fourth-order valence-corrected chi connectivity index (χ4v) is 1.87. The van der Waals surface area contributed by atoms with Crippen molar-refractivity contribution in [1.29, 1.82) is 0 Å². The first kappa shape index (κ1) is 10.3. The molecule has 0 saturated carbocycles. The molecule has 2 nitrogen and oxygen atoms in total. The molecule has 0 fully saturated rings. The van der Waals surface area contributed by atoms with E-state index in [0.29, 0.717) is 0 Å². The van der Waals surface area contributed by atoms with Crippen LogP contribution >= 0.6 is 0 Å². The van der Waals surface area contributed by atoms with Crippen LogP contribution in [0.1, 0.15) is 45.4 Å². The molecule has 1 atom stereocenters. The summed E-state index contributed by atoms with van der Waals surface area (Å²) >= 11 is 0. The van der Waals surface area contributed by atoms with Crippen LogP contribution in [0.5, 0.6) is 0 Å². The van der Waals surface area contributed by atoms with Crippen molar-refractivity contribution in [3.05, 3.63) is 17.9 Å². The molecule has 0 bridgehead atoms. The number of hydrogen-bond acceptors (Lipinski definition) is 1. The molecule has 2 heteroatoms. The van der Waals surface area contributed by atoms with Crippen LogP contribution < -0.4 is 0 Å². The van der Waals surface area contributed by atoms with Gasteiger partial charge in [0.05, 0.1) is 0 Å². The molecule has 1 aliphatic rings. The molecular formula is C11H19NO. The van der Waals surface area contributed by atoms with Gasteiger partial charge in [0.2, 0.25) is 0 Å². The molecule has 1 unspecified atom stereocenters. The quantitative estimate of drug-likeness (QED) is 0.373. The zero-order valence-corrected chi connectivity index (χ0v) is 8.46. The number of hydroxylamine groups is 1. The Morgan fingerprint density at radius 3 is 3.08 bits per heavy atom. The molecule has 13 heavy (non-hydrogen) atoms. The molecule has 0 N–H and O–H groups in total. The monoisotopic (exact) mass is 181 g/mol. The fraction of sp³-hybridized carbons (Fsp3) is 0.727. The molecule has 0 aromatic rings. The Morgan fingerprint density at radius 2 is 2.38 bits per heavy atom. The van der Waals surface area contributed by atoms with E-state index in [1.54, 1.807) is 0 Å². The van der Waals surface area contributed by atoms with E-state index in [2.05, 4.69) is 6.58 Å². The molecule has 1 aliphatic heterocycles. The molecule has 74 valence electrons. The van der Waals surface area contributed by atoms with Gasteiger partial charge in [0, 0.05) is 26.2 Å². The average molecular weight is 181 g/mol. The van der Waals surface area contributed by atoms with Crippen LogP contribution in [0.4, 0.5) is 0 Å². The van der Waals surface area contributed by atoms with Gasteiger partial charge in [0.15, 0.2) is 11.8 Å². The van der Waals surface area contributed by atoms with Crippen molar-refractivity contribution in [2.24, 2.45) is 0 Å². The van der Waals surface area contributed by atoms with Gasteiger partial charge in [0.25, 0.3) is 0 Å². The van der Waals surface area contributed by atoms with E-state index in [1.165, 1.54) is 17.6 Å². The van der Waals surface area contributed by atoms with Crippen molar-refractivity contribution in [3.63, 3.8) is 0 Å². The first-order valence-electron chi connectivity index (χ1n) is 5.15. The van der Waals surface area contributed by atoms with Gasteiger partial charge in [-0.15, -0.1) is 6.58 Å². The second-order valence-corrected chi connectivity index (χ2v) is 3.83. The van der Waals surface area contributed by atoms with E-state index in [-0.39, 0.29) is 6.04 Å². The maximum atomic E-state index is 11.7. The smallest absolute Gasteiger partial charge is 0.163 e. The molecule has 0 aliphatic carbocycles. The molecule has 0 spiro atoms. The van der Waals surface area contributed by atoms with Gasteiger partial charge >= 0.3 is 0 Å². The highest BCUT2D eigenvalue weighted by Gasteiger charge is 2.20. The Labute approximate surface area is 80.5 Å². The van der Waals surface area contributed by atoms with Gasteiger partial charge in [-0.2, -0.15) is 0 Å². The van der Waals surface area contributed by atoms with Gasteiger partial charge in [-0.3, -0.25) is 0 Å². The molecule has 0 aromatic carbocycles. The van der Waals surface area contributed by atoms with Crippen LogP contribution in [0.15, 0.2) is 12.7 Å². The molecular weight excluding hydrogens is 162 g/mol. The lowest BCUT2D eigenvalue weighted by atomic mass is 10.1. The summed E-state index contributed by atoms with van der Waals surface area (Å²) in [7, 11) is 0. The summed E-state index contributed by atoms with van der Waals surface area (Å²) in [4.78, 5) is 0. The van der Waals surface area contributed by atoms with Crippen molar-refractivity contribution in [2.75, 3.05) is 0 Å². The van der Waals surface area contributed by atoms with Crippen molar-refractivity contribution >= 4 is 5.71 Å². The van der Waals surface area contributed by atoms with E-state index < -0.39 is 0 Å². The minimum Gasteiger partial charge on any atom is -0.624 e. The van der Waals surface area contributed by atoms with Gasteiger partial charge in [0.1, 0.15) is 0 Å². The summed E-state index contributed by atoms with van der Waals surface area (Å²) < 4.78 is 1.23. The standard InChI is InChI=1S/C11H19NO/c1-3-4-8-11-9-6-5-7-10(2)12(11)13/h3,11H,1,4-9H2,2H3. The highest BCUT2D eigenvalue weighted by atomic mass is 16.5. The van der Waals surface area contributed by atoms with Crippen LogP contribution in [-0.2, 0) is 0 Å². The third kappa shape index (κ3) is 2.87. The van der Waals surface area contributed by atoms with E-state index >= 15 is 0 Å². The minimum absolute atomic E-state index is 0.209. The second kappa shape index (κ2) is 5.05. The van der Waals surface area contributed by atoms with Crippen LogP contribution in [-0.4, -0.2) is 16.5 Å². The summed E-state index contributed by atoms with van der Waals surface area (Å²) in [6.07, 6.45) is 8.21. The Morgan fingerprint density at radius 1 is 1.62 bits per heavy atom. The number of hydrogen-bond donors (Lipinski definition) is 0. The predicted molar refractivity (Wildman–Crippen MR) is 56.0 cm³/mol. The fourth-order valence-electron chi connectivity index (χ4n) is 1.87. The molecule has 1 heterocycles. The Balaban J connectivity index is 2.58. The third-order valence-corrected chi connectivity index (χ3v) is 2.74. The summed E-state index contributed by atoms with van der Waals surface area (Å²) in [5.41, 5.74) is 1.01. The van der Waals surface area contributed by atoms with Crippen molar-refractivity contribution in [3.8, 4) is 0 Å². The lowest BCUT2D eigenvalue weighted by Crippen LogP contribution is -2.24. The number of allylic oxidation sites excluding steroid dienone is 1. The second-order valence-electron chi connectivity index (χ2n) is 3.83. The van der Waals surface area contributed by atoms with Crippen molar-refractivity contribution < 1.29 is 4.74 Å². The highest BCUT2D eigenvalue weighted by molar-refractivity contribution is 5.77. The Kier molecular flexibility index (Phi) is 4.00. The molecule has 0 aromatic heterocycles. The van der Waals surface area contributed by atoms with Gasteiger partial charge in [-0.1, -0.05) is 6.08 Å². The van der Waals surface area contributed by atoms with E-state index in [4.69, 9.17) is 0 Å². The molecule has 1 rings (SSSR count). The summed E-state index contributed by atoms with van der Waals surface area (Å²) in [6.45, 7) is 5.64. The Bertz CT molecular complexity index is 208. The normalized spacial score (nSPS) is 24.2. The maximum Gasteiger partial charge on any atom is 0.163 e.